The van der Waals surface area contributed by atoms with Crippen LogP contribution in [-0.2, 0) is 6.54 Å². The van der Waals surface area contributed by atoms with Crippen molar-refractivity contribution in [3.8, 4) is 0 Å². The molecule has 0 aliphatic carbocycles. The number of hydrogen-bond donors (Lipinski definition) is 1. The van der Waals surface area contributed by atoms with Crippen LogP contribution in [0.3, 0.4) is 0 Å². The predicted molar refractivity (Wildman–Crippen MR) is 75.5 cm³/mol. The number of halogens is 2. The number of aromatic nitrogens is 1. The van der Waals surface area contributed by atoms with E-state index in [0.717, 1.165) is 15.9 Å². The Labute approximate surface area is 114 Å². The molecule has 0 spiro atoms. The summed E-state index contributed by atoms with van der Waals surface area (Å²) in [4.78, 5) is 4.33. The van der Waals surface area contributed by atoms with Gasteiger partial charge in [-0.2, -0.15) is 0 Å². The Morgan fingerprint density at radius 2 is 2.12 bits per heavy atom. The zero-order valence-corrected chi connectivity index (χ0v) is 11.7. The van der Waals surface area contributed by atoms with Crippen LogP contribution in [0.15, 0.2) is 41.0 Å². The zero-order chi connectivity index (χ0) is 12.3. The summed E-state index contributed by atoms with van der Waals surface area (Å²) in [5.41, 5.74) is 3.20. The molecule has 1 aromatic carbocycles. The molecule has 0 radical (unpaired) electrons. The van der Waals surface area contributed by atoms with Gasteiger partial charge in [0.1, 0.15) is 0 Å². The number of nitrogens with one attached hydrogen (secondary N) is 1. The normalized spacial score (nSPS) is 10.3. The van der Waals surface area contributed by atoms with Gasteiger partial charge in [0.15, 0.2) is 0 Å². The van der Waals surface area contributed by atoms with E-state index < -0.39 is 0 Å². The molecule has 0 atom stereocenters. The van der Waals surface area contributed by atoms with E-state index in [1.165, 1.54) is 5.56 Å². The summed E-state index contributed by atoms with van der Waals surface area (Å²) in [7, 11) is 0. The van der Waals surface area contributed by atoms with Crippen LogP contribution in [0.5, 0.6) is 0 Å². The van der Waals surface area contributed by atoms with Gasteiger partial charge < -0.3 is 5.32 Å². The van der Waals surface area contributed by atoms with E-state index in [2.05, 4.69) is 32.3 Å². The van der Waals surface area contributed by atoms with Crippen molar-refractivity contribution in [2.24, 2.45) is 0 Å². The van der Waals surface area contributed by atoms with Gasteiger partial charge in [-0.1, -0.05) is 17.7 Å². The van der Waals surface area contributed by atoms with Gasteiger partial charge >= 0.3 is 0 Å². The maximum absolute atomic E-state index is 5.93. The highest BCUT2D eigenvalue weighted by molar-refractivity contribution is 9.10. The first kappa shape index (κ1) is 12.4. The first-order valence-corrected chi connectivity index (χ1v) is 6.43. The van der Waals surface area contributed by atoms with Gasteiger partial charge in [0.25, 0.3) is 0 Å². The zero-order valence-electron chi connectivity index (χ0n) is 9.37. The van der Waals surface area contributed by atoms with Crippen molar-refractivity contribution < 1.29 is 0 Å². The van der Waals surface area contributed by atoms with Gasteiger partial charge in [0.2, 0.25) is 0 Å². The summed E-state index contributed by atoms with van der Waals surface area (Å²) in [6.45, 7) is 2.73. The topological polar surface area (TPSA) is 24.9 Å². The lowest BCUT2D eigenvalue weighted by atomic mass is 10.2. The number of nitrogens with zero attached hydrogens (tertiary/aromatic N) is 1. The minimum Gasteiger partial charge on any atom is -0.379 e. The van der Waals surface area contributed by atoms with Gasteiger partial charge in [0, 0.05) is 16.4 Å². The van der Waals surface area contributed by atoms with E-state index >= 15 is 0 Å². The van der Waals surface area contributed by atoms with Gasteiger partial charge in [-0.05, 0) is 52.7 Å². The first-order valence-electron chi connectivity index (χ1n) is 5.25. The third kappa shape index (κ3) is 3.45. The molecule has 0 saturated carbocycles. The Morgan fingerprint density at radius 3 is 2.76 bits per heavy atom. The van der Waals surface area contributed by atoms with Crippen LogP contribution in [0.4, 0.5) is 5.69 Å². The minimum atomic E-state index is 0.703. The summed E-state index contributed by atoms with van der Waals surface area (Å²) < 4.78 is 0.890. The number of rotatable bonds is 3. The number of hydrogen-bond acceptors (Lipinski definition) is 2. The summed E-state index contributed by atoms with van der Waals surface area (Å²) >= 11 is 9.32. The Morgan fingerprint density at radius 1 is 1.29 bits per heavy atom. The highest BCUT2D eigenvalue weighted by atomic mass is 79.9. The van der Waals surface area contributed by atoms with Crippen molar-refractivity contribution in [1.82, 2.24) is 4.98 Å². The predicted octanol–water partition coefficient (Wildman–Crippen LogP) is 4.42. The molecule has 0 aliphatic heterocycles. The Hall–Kier alpha value is -1.06. The van der Waals surface area contributed by atoms with Crippen molar-refractivity contribution in [3.63, 3.8) is 0 Å². The highest BCUT2D eigenvalue weighted by Crippen LogP contribution is 2.25. The summed E-state index contributed by atoms with van der Waals surface area (Å²) in [5, 5.41) is 4.01. The fourth-order valence-corrected chi connectivity index (χ4v) is 1.90. The molecule has 0 aliphatic rings. The lowest BCUT2D eigenvalue weighted by Gasteiger charge is -2.07. The van der Waals surface area contributed by atoms with E-state index in [9.17, 15) is 0 Å². The second-order valence-electron chi connectivity index (χ2n) is 3.81. The quantitative estimate of drug-likeness (QED) is 0.907. The second kappa shape index (κ2) is 5.52. The molecule has 88 valence electrons. The Bertz CT molecular complexity index is 511. The van der Waals surface area contributed by atoms with E-state index in [1.807, 2.05) is 37.4 Å². The molecule has 1 aromatic heterocycles. The maximum atomic E-state index is 5.93. The van der Waals surface area contributed by atoms with Gasteiger partial charge in [0.05, 0.1) is 17.3 Å². The van der Waals surface area contributed by atoms with Crippen LogP contribution >= 0.6 is 27.5 Å². The van der Waals surface area contributed by atoms with Crippen LogP contribution in [0.2, 0.25) is 5.02 Å². The summed E-state index contributed by atoms with van der Waals surface area (Å²) in [5.74, 6) is 0. The van der Waals surface area contributed by atoms with Gasteiger partial charge in [-0.25, -0.2) is 0 Å². The van der Waals surface area contributed by atoms with Crippen molar-refractivity contribution >= 4 is 33.2 Å². The second-order valence-corrected chi connectivity index (χ2v) is 5.07. The molecule has 0 saturated heterocycles. The Kier molecular flexibility index (Phi) is 4.02. The van der Waals surface area contributed by atoms with Crippen LogP contribution < -0.4 is 5.32 Å². The molecule has 0 fully saturated rings. The molecule has 0 bridgehead atoms. The third-order valence-corrected chi connectivity index (χ3v) is 3.58. The lowest BCUT2D eigenvalue weighted by molar-refractivity contribution is 1.04. The summed E-state index contributed by atoms with van der Waals surface area (Å²) in [6.07, 6.45) is 1.87. The summed E-state index contributed by atoms with van der Waals surface area (Å²) in [6, 6.07) is 9.84. The fraction of sp³-hybridized carbons (Fsp3) is 0.154. The molecule has 1 heterocycles. The minimum absolute atomic E-state index is 0.703. The third-order valence-electron chi connectivity index (χ3n) is 2.37. The maximum Gasteiger partial charge on any atom is 0.0594 e. The Balaban J connectivity index is 2.02. The van der Waals surface area contributed by atoms with E-state index in [1.54, 1.807) is 0 Å². The average molecular weight is 312 g/mol. The number of pyridine rings is 1. The monoisotopic (exact) mass is 310 g/mol. The molecular weight excluding hydrogens is 300 g/mol. The SMILES string of the molecule is Cc1ccc(CNc2ccc(Cl)c(Br)c2)nc1. The highest BCUT2D eigenvalue weighted by Gasteiger charge is 1.99. The molecule has 2 nitrogen and oxygen atoms in total. The lowest BCUT2D eigenvalue weighted by Crippen LogP contribution is -2.01. The average Bonchev–Trinajstić information content (AvgIpc) is 2.33. The molecule has 2 aromatic rings. The van der Waals surface area contributed by atoms with Crippen LogP contribution in [-0.4, -0.2) is 4.98 Å². The van der Waals surface area contributed by atoms with Crippen molar-refractivity contribution in [2.45, 2.75) is 13.5 Å². The number of benzene rings is 1. The molecule has 2 rings (SSSR count). The van der Waals surface area contributed by atoms with E-state index in [-0.39, 0.29) is 0 Å². The van der Waals surface area contributed by atoms with Crippen molar-refractivity contribution in [3.05, 3.63) is 57.3 Å². The van der Waals surface area contributed by atoms with Crippen molar-refractivity contribution in [2.75, 3.05) is 5.32 Å². The van der Waals surface area contributed by atoms with Crippen LogP contribution in [0.1, 0.15) is 11.3 Å². The molecule has 17 heavy (non-hydrogen) atoms. The first-order chi connectivity index (χ1) is 8.15. The number of aryl methyl sites for hydroxylation is 1. The molecule has 1 N–H and O–H groups in total. The standard InChI is InChI=1S/C13H12BrClN2/c1-9-2-3-11(16-7-9)8-17-10-4-5-13(15)12(14)6-10/h2-7,17H,8H2,1H3. The smallest absolute Gasteiger partial charge is 0.0594 e. The van der Waals surface area contributed by atoms with E-state index in [0.29, 0.717) is 11.6 Å². The van der Waals surface area contributed by atoms with Gasteiger partial charge in [-0.15, -0.1) is 0 Å². The molecule has 0 amide bonds. The molecule has 0 unspecified atom stereocenters. The van der Waals surface area contributed by atoms with Crippen LogP contribution in [0.25, 0.3) is 0 Å². The fourth-order valence-electron chi connectivity index (χ4n) is 1.40. The molecular formula is C13H12BrClN2. The van der Waals surface area contributed by atoms with Crippen LogP contribution in [0, 0.1) is 6.92 Å². The van der Waals surface area contributed by atoms with Gasteiger partial charge in [-0.3, -0.25) is 4.98 Å². The van der Waals surface area contributed by atoms with E-state index in [4.69, 9.17) is 11.6 Å². The van der Waals surface area contributed by atoms with Crippen molar-refractivity contribution in [1.29, 1.82) is 0 Å². The number of anilines is 1. The molecule has 4 heteroatoms. The largest absolute Gasteiger partial charge is 0.379 e.